The average Bonchev–Trinajstić information content (AvgIpc) is 3.63. The highest BCUT2D eigenvalue weighted by molar-refractivity contribution is 8.15. The van der Waals surface area contributed by atoms with Gasteiger partial charge in [-0.1, -0.05) is 68.1 Å². The Morgan fingerprint density at radius 1 is 1.04 bits per heavy atom. The number of rotatable bonds is 8. The Morgan fingerprint density at radius 2 is 1.73 bits per heavy atom. The summed E-state index contributed by atoms with van der Waals surface area (Å²) in [6, 6.07) is 19.6. The van der Waals surface area contributed by atoms with E-state index in [2.05, 4.69) is 39.0 Å². The van der Waals surface area contributed by atoms with Crippen LogP contribution >= 0.6 is 24.0 Å². The van der Waals surface area contributed by atoms with E-state index in [-0.39, 0.29) is 22.7 Å². The maximum Gasteiger partial charge on any atom is 0.499 e. The van der Waals surface area contributed by atoms with Gasteiger partial charge in [-0.2, -0.15) is 26.9 Å². The van der Waals surface area contributed by atoms with Gasteiger partial charge in [-0.05, 0) is 59.6 Å². The summed E-state index contributed by atoms with van der Waals surface area (Å²) in [4.78, 5) is 23.1. The maximum absolute atomic E-state index is 13.1. The predicted molar refractivity (Wildman–Crippen MR) is 166 cm³/mol. The minimum atomic E-state index is -5.84. The number of alkyl halides is 5. The van der Waals surface area contributed by atoms with Crippen LogP contribution in [-0.4, -0.2) is 49.0 Å². The second-order valence-electron chi connectivity index (χ2n) is 10.1. The molecule has 2 heterocycles. The molecule has 3 aromatic carbocycles. The van der Waals surface area contributed by atoms with Gasteiger partial charge < -0.3 is 10.1 Å². The second kappa shape index (κ2) is 12.9. The van der Waals surface area contributed by atoms with Crippen molar-refractivity contribution in [2.24, 2.45) is 4.99 Å². The second-order valence-corrected chi connectivity index (χ2v) is 11.4. The number of aromatic nitrogens is 3. The van der Waals surface area contributed by atoms with Crippen LogP contribution in [0.2, 0.25) is 0 Å². The highest BCUT2D eigenvalue weighted by Crippen LogP contribution is 2.37. The van der Waals surface area contributed by atoms with Crippen molar-refractivity contribution in [3.8, 4) is 22.8 Å². The third-order valence-electron chi connectivity index (χ3n) is 6.59. The smallest absolute Gasteiger partial charge is 0.426 e. The fraction of sp³-hybridized carbons (Fsp3) is 0.233. The average molecular weight is 661 g/mol. The molecule has 1 fully saturated rings. The summed E-state index contributed by atoms with van der Waals surface area (Å²) in [7, 11) is 0. The molecule has 15 heteroatoms. The van der Waals surface area contributed by atoms with Crippen molar-refractivity contribution in [3.63, 3.8) is 0 Å². The molecule has 1 aromatic heterocycles. The number of halogens is 5. The predicted octanol–water partition coefficient (Wildman–Crippen LogP) is 7.10. The molecule has 0 atom stereocenters. The van der Waals surface area contributed by atoms with Gasteiger partial charge in [0, 0.05) is 12.1 Å². The number of ether oxygens (including phenoxy) is 1. The van der Waals surface area contributed by atoms with Gasteiger partial charge in [-0.25, -0.2) is 9.67 Å². The van der Waals surface area contributed by atoms with Crippen molar-refractivity contribution >= 4 is 45.9 Å². The Kier molecular flexibility index (Phi) is 9.20. The summed E-state index contributed by atoms with van der Waals surface area (Å²) < 4.78 is 68.6. The Balaban J connectivity index is 1.20. The molecule has 1 aliphatic heterocycles. The van der Waals surface area contributed by atoms with Crippen LogP contribution < -0.4 is 15.0 Å². The molecule has 0 unspecified atom stereocenters. The molecular weight excluding hydrogens is 635 g/mol. The van der Waals surface area contributed by atoms with Crippen LogP contribution in [0.15, 0.2) is 84.1 Å². The molecule has 8 nitrogen and oxygen atoms in total. The van der Waals surface area contributed by atoms with Crippen LogP contribution in [0.25, 0.3) is 17.1 Å². The number of thiocarbonyl (C=S) groups is 1. The monoisotopic (exact) mass is 660 g/mol. The summed E-state index contributed by atoms with van der Waals surface area (Å²) in [6.45, 7) is 4.51. The van der Waals surface area contributed by atoms with Crippen molar-refractivity contribution in [1.82, 2.24) is 20.1 Å². The first-order chi connectivity index (χ1) is 21.3. The highest BCUT2D eigenvalue weighted by atomic mass is 32.2. The lowest BCUT2D eigenvalue weighted by atomic mass is 10.0. The number of amidine groups is 1. The minimum absolute atomic E-state index is 0.0575. The molecule has 0 saturated carbocycles. The van der Waals surface area contributed by atoms with E-state index in [1.165, 1.54) is 34.9 Å². The van der Waals surface area contributed by atoms with E-state index in [0.717, 1.165) is 28.9 Å². The molecule has 0 bridgehead atoms. The van der Waals surface area contributed by atoms with Gasteiger partial charge in [0.25, 0.3) is 0 Å². The summed E-state index contributed by atoms with van der Waals surface area (Å²) in [5.74, 6) is 0.154. The van der Waals surface area contributed by atoms with Gasteiger partial charge >= 0.3 is 12.3 Å². The van der Waals surface area contributed by atoms with E-state index in [0.29, 0.717) is 28.8 Å². The Bertz CT molecular complexity index is 1720. The van der Waals surface area contributed by atoms with Crippen molar-refractivity contribution in [3.05, 3.63) is 90.3 Å². The van der Waals surface area contributed by atoms with Crippen molar-refractivity contribution in [2.45, 2.75) is 38.6 Å². The molecule has 5 rings (SSSR count). The van der Waals surface area contributed by atoms with Crippen LogP contribution in [-0.2, 0) is 11.3 Å². The van der Waals surface area contributed by atoms with Crippen LogP contribution in [0.3, 0.4) is 0 Å². The standard InChI is InChI=1S/C30H25F5N6O2S2/c1-18(2)23-5-3-4-6-24(23)41-25(42)16-45-28(41)38-27(44)36-15-19-7-9-20(10-8-19)26-37-17-40(39-26)21-11-13-22(14-12-21)43-30(34,35)29(31,32)33/h3-14,17-18H,15-16H2,1-2H3,(H,36,44)/b38-28-. The zero-order chi connectivity index (χ0) is 32.4. The summed E-state index contributed by atoms with van der Waals surface area (Å²) in [6.07, 6.45) is -9.76. The highest BCUT2D eigenvalue weighted by Gasteiger charge is 2.61. The minimum Gasteiger partial charge on any atom is -0.426 e. The number of aliphatic imine (C=N–C) groups is 1. The topological polar surface area (TPSA) is 84.6 Å². The van der Waals surface area contributed by atoms with Gasteiger partial charge in [0.15, 0.2) is 16.1 Å². The Labute approximate surface area is 264 Å². The number of hydrogen-bond acceptors (Lipinski definition) is 6. The van der Waals surface area contributed by atoms with E-state index in [1.54, 1.807) is 17.0 Å². The van der Waals surface area contributed by atoms with E-state index in [1.807, 2.05) is 36.4 Å². The summed E-state index contributed by atoms with van der Waals surface area (Å²) >= 11 is 6.78. The number of benzene rings is 3. The lowest BCUT2D eigenvalue weighted by molar-refractivity contribution is -0.360. The first-order valence-electron chi connectivity index (χ1n) is 13.5. The molecule has 0 spiro atoms. The zero-order valence-corrected chi connectivity index (χ0v) is 25.4. The van der Waals surface area contributed by atoms with Crippen LogP contribution in [0, 0.1) is 0 Å². The summed E-state index contributed by atoms with van der Waals surface area (Å²) in [5, 5.41) is 8.21. The van der Waals surface area contributed by atoms with E-state index in [9.17, 15) is 26.7 Å². The lowest BCUT2D eigenvalue weighted by Crippen LogP contribution is -2.41. The first-order valence-corrected chi connectivity index (χ1v) is 14.9. The van der Waals surface area contributed by atoms with Crippen LogP contribution in [0.5, 0.6) is 5.75 Å². The molecule has 1 aliphatic rings. The van der Waals surface area contributed by atoms with Crippen LogP contribution in [0.4, 0.5) is 27.6 Å². The number of carbonyl (C=O) groups is 1. The molecule has 1 saturated heterocycles. The van der Waals surface area contributed by atoms with Crippen molar-refractivity contribution in [1.29, 1.82) is 0 Å². The number of para-hydroxylation sites is 1. The number of thioether (sulfide) groups is 1. The molecule has 1 N–H and O–H groups in total. The zero-order valence-electron chi connectivity index (χ0n) is 23.8. The van der Waals surface area contributed by atoms with Crippen molar-refractivity contribution < 1.29 is 31.5 Å². The van der Waals surface area contributed by atoms with Gasteiger partial charge in [0.1, 0.15) is 12.1 Å². The SMILES string of the molecule is CC(C)c1ccccc1N1C(=O)CS/C1=N\C(=S)NCc1ccc(-c2ncn(-c3ccc(OC(F)(F)C(F)(F)F)cc3)n2)cc1. The number of nitrogens with one attached hydrogen (secondary N) is 1. The quantitative estimate of drug-likeness (QED) is 0.159. The Morgan fingerprint density at radius 3 is 2.40 bits per heavy atom. The fourth-order valence-corrected chi connectivity index (χ4v) is 5.41. The number of hydrogen-bond donors (Lipinski definition) is 1. The van der Waals surface area contributed by atoms with Crippen LogP contribution in [0.1, 0.15) is 30.9 Å². The van der Waals surface area contributed by atoms with Gasteiger partial charge in [-0.3, -0.25) is 9.69 Å². The van der Waals surface area contributed by atoms with Gasteiger partial charge in [0.2, 0.25) is 5.91 Å². The first kappa shape index (κ1) is 32.0. The molecule has 1 amide bonds. The third kappa shape index (κ3) is 7.31. The lowest BCUT2D eigenvalue weighted by Gasteiger charge is -2.21. The molecular formula is C30H25F5N6O2S2. The van der Waals surface area contributed by atoms with Gasteiger partial charge in [0.05, 0.1) is 17.1 Å². The molecule has 45 heavy (non-hydrogen) atoms. The third-order valence-corrected chi connectivity index (χ3v) is 7.75. The molecule has 234 valence electrons. The van der Waals surface area contributed by atoms with E-state index < -0.39 is 18.0 Å². The molecule has 0 radical (unpaired) electrons. The van der Waals surface area contributed by atoms with Crippen molar-refractivity contribution in [2.75, 3.05) is 10.7 Å². The summed E-state index contributed by atoms with van der Waals surface area (Å²) in [5.41, 5.74) is 3.79. The Hall–Kier alpha value is -4.37. The number of carbonyl (C=O) groups excluding carboxylic acids is 1. The number of anilines is 1. The largest absolute Gasteiger partial charge is 0.499 e. The number of nitrogens with zero attached hydrogens (tertiary/aromatic N) is 5. The fourth-order valence-electron chi connectivity index (χ4n) is 4.33. The molecule has 0 aliphatic carbocycles. The normalized spacial score (nSPS) is 14.8. The maximum atomic E-state index is 13.1. The van der Waals surface area contributed by atoms with E-state index >= 15 is 0 Å². The van der Waals surface area contributed by atoms with E-state index in [4.69, 9.17) is 12.2 Å². The van der Waals surface area contributed by atoms with Gasteiger partial charge in [-0.15, -0.1) is 5.10 Å². The molecule has 4 aromatic rings. The number of amides is 1.